The Bertz CT molecular complexity index is 788. The molecule has 144 valence electrons. The van der Waals surface area contributed by atoms with Gasteiger partial charge in [0.1, 0.15) is 5.75 Å². The van der Waals surface area contributed by atoms with Gasteiger partial charge in [0.2, 0.25) is 17.7 Å². The molecule has 6 heteroatoms. The molecule has 2 aromatic rings. The molecule has 1 amide bonds. The second-order valence-electron chi connectivity index (χ2n) is 7.67. The van der Waals surface area contributed by atoms with Gasteiger partial charge in [-0.3, -0.25) is 4.79 Å². The Hall–Kier alpha value is -2.37. The lowest BCUT2D eigenvalue weighted by molar-refractivity contribution is -0.132. The van der Waals surface area contributed by atoms with E-state index in [4.69, 9.17) is 9.15 Å². The number of fused-ring (bicyclic) bond motifs is 2. The molecule has 1 aromatic carbocycles. The molecular weight excluding hydrogens is 342 g/mol. The fourth-order valence-corrected chi connectivity index (χ4v) is 4.37. The number of ether oxygens (including phenoxy) is 1. The minimum Gasteiger partial charge on any atom is -0.497 e. The van der Waals surface area contributed by atoms with Crippen LogP contribution in [0.25, 0.3) is 0 Å². The van der Waals surface area contributed by atoms with E-state index < -0.39 is 0 Å². The molecule has 1 aliphatic carbocycles. The Balaban J connectivity index is 1.26. The van der Waals surface area contributed by atoms with Crippen molar-refractivity contribution in [2.24, 2.45) is 5.92 Å². The summed E-state index contributed by atoms with van der Waals surface area (Å²) in [5.74, 6) is 2.99. The summed E-state index contributed by atoms with van der Waals surface area (Å²) in [6.07, 6.45) is 7.39. The zero-order valence-electron chi connectivity index (χ0n) is 15.9. The number of aryl methyl sites for hydroxylation is 3. The van der Waals surface area contributed by atoms with Gasteiger partial charge in [-0.1, -0.05) is 18.6 Å². The molecule has 2 aliphatic rings. The van der Waals surface area contributed by atoms with Crippen LogP contribution in [0.3, 0.4) is 0 Å². The number of aromatic nitrogens is 2. The zero-order valence-corrected chi connectivity index (χ0v) is 15.9. The van der Waals surface area contributed by atoms with Gasteiger partial charge in [-0.15, -0.1) is 10.2 Å². The molecule has 1 aliphatic heterocycles. The zero-order chi connectivity index (χ0) is 18.6. The van der Waals surface area contributed by atoms with Gasteiger partial charge >= 0.3 is 0 Å². The number of methoxy groups -OCH3 is 1. The molecule has 2 heterocycles. The summed E-state index contributed by atoms with van der Waals surface area (Å²) in [6.45, 7) is 0.944. The standard InChI is InChI=1S/C21H27N3O3/c1-26-18-7-3-4-15(13-18)8-9-19-22-23-20(27-19)10-11-21(25)24-14-16-5-2-6-17(24)12-16/h3-4,7,13,16-17H,2,5-6,8-12,14H2,1H3/t16-,17+/m1/s1. The van der Waals surface area contributed by atoms with E-state index >= 15 is 0 Å². The highest BCUT2D eigenvalue weighted by Crippen LogP contribution is 2.35. The summed E-state index contributed by atoms with van der Waals surface area (Å²) < 4.78 is 11.0. The second kappa shape index (κ2) is 8.11. The fraction of sp³-hybridized carbons (Fsp3) is 0.571. The quantitative estimate of drug-likeness (QED) is 0.750. The fourth-order valence-electron chi connectivity index (χ4n) is 4.37. The summed E-state index contributed by atoms with van der Waals surface area (Å²) >= 11 is 0. The predicted octanol–water partition coefficient (Wildman–Crippen LogP) is 3.20. The van der Waals surface area contributed by atoms with Crippen LogP contribution in [0.1, 0.15) is 49.4 Å². The van der Waals surface area contributed by atoms with Gasteiger partial charge in [0.25, 0.3) is 0 Å². The topological polar surface area (TPSA) is 68.5 Å². The van der Waals surface area contributed by atoms with Crippen molar-refractivity contribution in [3.63, 3.8) is 0 Å². The molecule has 1 saturated carbocycles. The van der Waals surface area contributed by atoms with Gasteiger partial charge in [0, 0.05) is 31.8 Å². The first-order chi connectivity index (χ1) is 13.2. The van der Waals surface area contributed by atoms with Crippen LogP contribution < -0.4 is 4.74 Å². The minimum atomic E-state index is 0.237. The molecular formula is C21H27N3O3. The van der Waals surface area contributed by atoms with Crippen LogP contribution >= 0.6 is 0 Å². The molecule has 0 spiro atoms. The van der Waals surface area contributed by atoms with Crippen molar-refractivity contribution in [3.05, 3.63) is 41.6 Å². The first kappa shape index (κ1) is 18.0. The Morgan fingerprint density at radius 1 is 1.22 bits per heavy atom. The number of carbonyl (C=O) groups excluding carboxylic acids is 1. The summed E-state index contributed by atoms with van der Waals surface area (Å²) in [6, 6.07) is 8.45. The van der Waals surface area contributed by atoms with Crippen molar-refractivity contribution in [3.8, 4) is 5.75 Å². The van der Waals surface area contributed by atoms with Crippen molar-refractivity contribution in [2.75, 3.05) is 13.7 Å². The summed E-state index contributed by atoms with van der Waals surface area (Å²) in [5.41, 5.74) is 1.17. The smallest absolute Gasteiger partial charge is 0.223 e. The summed E-state index contributed by atoms with van der Waals surface area (Å²) in [4.78, 5) is 14.7. The molecule has 2 fully saturated rings. The van der Waals surface area contributed by atoms with E-state index in [1.54, 1.807) is 7.11 Å². The van der Waals surface area contributed by atoms with Crippen LogP contribution in [0.4, 0.5) is 0 Å². The van der Waals surface area contributed by atoms with E-state index in [1.807, 2.05) is 18.2 Å². The molecule has 4 rings (SSSR count). The number of nitrogens with zero attached hydrogens (tertiary/aromatic N) is 3. The Morgan fingerprint density at radius 2 is 2.07 bits per heavy atom. The molecule has 2 atom stereocenters. The lowest BCUT2D eigenvalue weighted by Gasteiger charge is -2.24. The van der Waals surface area contributed by atoms with Crippen molar-refractivity contribution in [1.82, 2.24) is 15.1 Å². The van der Waals surface area contributed by atoms with Crippen molar-refractivity contribution in [2.45, 2.75) is 57.4 Å². The van der Waals surface area contributed by atoms with E-state index in [0.29, 0.717) is 37.1 Å². The third kappa shape index (κ3) is 4.31. The number of amides is 1. The summed E-state index contributed by atoms with van der Waals surface area (Å²) in [5, 5.41) is 8.24. The maximum Gasteiger partial charge on any atom is 0.223 e. The maximum atomic E-state index is 12.6. The van der Waals surface area contributed by atoms with Crippen LogP contribution in [-0.4, -0.2) is 40.7 Å². The number of rotatable bonds is 7. The largest absolute Gasteiger partial charge is 0.497 e. The number of likely N-dealkylation sites (tertiary alicyclic amines) is 1. The maximum absolute atomic E-state index is 12.6. The number of hydrogen-bond acceptors (Lipinski definition) is 5. The lowest BCUT2D eigenvalue weighted by atomic mass is 9.90. The van der Waals surface area contributed by atoms with Crippen LogP contribution in [0.15, 0.2) is 28.7 Å². The number of carbonyl (C=O) groups is 1. The molecule has 27 heavy (non-hydrogen) atoms. The Kier molecular flexibility index (Phi) is 5.41. The SMILES string of the molecule is COc1cccc(CCc2nnc(CCC(=O)N3C[C@@H]4CCC[C@H]3C4)o2)c1. The van der Waals surface area contributed by atoms with Crippen molar-refractivity contribution < 1.29 is 13.9 Å². The normalized spacial score (nSPS) is 21.4. The van der Waals surface area contributed by atoms with Gasteiger partial charge in [-0.2, -0.15) is 0 Å². The highest BCUT2D eigenvalue weighted by molar-refractivity contribution is 5.77. The van der Waals surface area contributed by atoms with Gasteiger partial charge in [0.15, 0.2) is 0 Å². The van der Waals surface area contributed by atoms with Crippen molar-refractivity contribution in [1.29, 1.82) is 0 Å². The average Bonchev–Trinajstić information content (AvgIpc) is 3.28. The lowest BCUT2D eigenvalue weighted by Crippen LogP contribution is -2.35. The molecule has 0 radical (unpaired) electrons. The van der Waals surface area contributed by atoms with Gasteiger partial charge in [-0.05, 0) is 49.3 Å². The predicted molar refractivity (Wildman–Crippen MR) is 100 cm³/mol. The summed E-state index contributed by atoms with van der Waals surface area (Å²) in [7, 11) is 1.67. The molecule has 1 saturated heterocycles. The molecule has 0 N–H and O–H groups in total. The Labute approximate surface area is 159 Å². The van der Waals surface area contributed by atoms with Gasteiger partial charge < -0.3 is 14.1 Å². The van der Waals surface area contributed by atoms with E-state index in [-0.39, 0.29) is 5.91 Å². The van der Waals surface area contributed by atoms with E-state index in [2.05, 4.69) is 21.2 Å². The minimum absolute atomic E-state index is 0.237. The van der Waals surface area contributed by atoms with Crippen LogP contribution in [0.2, 0.25) is 0 Å². The number of benzene rings is 1. The third-order valence-corrected chi connectivity index (χ3v) is 5.79. The monoisotopic (exact) mass is 369 g/mol. The van der Waals surface area contributed by atoms with Crippen molar-refractivity contribution >= 4 is 5.91 Å². The van der Waals surface area contributed by atoms with E-state index in [1.165, 1.54) is 24.8 Å². The van der Waals surface area contributed by atoms with E-state index in [9.17, 15) is 4.79 Å². The van der Waals surface area contributed by atoms with Gasteiger partial charge in [-0.25, -0.2) is 0 Å². The number of hydrogen-bond donors (Lipinski definition) is 0. The first-order valence-electron chi connectivity index (χ1n) is 9.95. The highest BCUT2D eigenvalue weighted by atomic mass is 16.5. The molecule has 0 unspecified atom stereocenters. The first-order valence-corrected chi connectivity index (χ1v) is 9.95. The van der Waals surface area contributed by atoms with E-state index in [0.717, 1.165) is 31.1 Å². The third-order valence-electron chi connectivity index (χ3n) is 5.79. The Morgan fingerprint density at radius 3 is 2.89 bits per heavy atom. The second-order valence-corrected chi connectivity index (χ2v) is 7.67. The van der Waals surface area contributed by atoms with Crippen LogP contribution in [0.5, 0.6) is 5.75 Å². The highest BCUT2D eigenvalue weighted by Gasteiger charge is 2.37. The molecule has 1 aromatic heterocycles. The molecule has 6 nitrogen and oxygen atoms in total. The van der Waals surface area contributed by atoms with Gasteiger partial charge in [0.05, 0.1) is 7.11 Å². The van der Waals surface area contributed by atoms with Crippen LogP contribution in [-0.2, 0) is 24.1 Å². The average molecular weight is 369 g/mol. The molecule has 2 bridgehead atoms. The van der Waals surface area contributed by atoms with Crippen LogP contribution in [0, 0.1) is 5.92 Å².